The van der Waals surface area contributed by atoms with Crippen LogP contribution in [-0.4, -0.2) is 33.2 Å². The normalized spacial score (nSPS) is 12.8. The van der Waals surface area contributed by atoms with Crippen LogP contribution in [-0.2, 0) is 18.4 Å². The Morgan fingerprint density at radius 3 is 3.00 bits per heavy atom. The molecule has 0 amide bonds. The molecule has 4 N–H and O–H groups in total. The fourth-order valence-corrected chi connectivity index (χ4v) is 1.94. The van der Waals surface area contributed by atoms with Crippen molar-refractivity contribution in [2.75, 3.05) is 6.54 Å². The van der Waals surface area contributed by atoms with E-state index in [1.165, 1.54) is 0 Å². The number of aromatic nitrogens is 2. The Kier molecular flexibility index (Phi) is 3.82. The van der Waals surface area contributed by atoms with Gasteiger partial charge in [-0.1, -0.05) is 6.07 Å². The van der Waals surface area contributed by atoms with Gasteiger partial charge >= 0.3 is 5.97 Å². The van der Waals surface area contributed by atoms with Gasteiger partial charge in [-0.25, -0.2) is 4.98 Å². The third-order valence-electron chi connectivity index (χ3n) is 3.18. The van der Waals surface area contributed by atoms with E-state index in [4.69, 9.17) is 10.8 Å². The summed E-state index contributed by atoms with van der Waals surface area (Å²) in [5.74, 6) is -0.0312. The van der Waals surface area contributed by atoms with Crippen LogP contribution in [0.3, 0.4) is 0 Å². The van der Waals surface area contributed by atoms with E-state index in [-0.39, 0.29) is 6.54 Å². The molecule has 6 nitrogen and oxygen atoms in total. The monoisotopic (exact) mass is 262 g/mol. The number of carboxylic acid groups (broad SMARTS) is 1. The van der Waals surface area contributed by atoms with Gasteiger partial charge in [0.15, 0.2) is 0 Å². The molecule has 0 aliphatic rings. The van der Waals surface area contributed by atoms with Crippen LogP contribution in [0, 0.1) is 6.92 Å². The van der Waals surface area contributed by atoms with Crippen molar-refractivity contribution < 1.29 is 9.90 Å². The number of benzene rings is 1. The fourth-order valence-electron chi connectivity index (χ4n) is 1.94. The maximum absolute atomic E-state index is 10.6. The van der Waals surface area contributed by atoms with Crippen LogP contribution in [0.15, 0.2) is 18.2 Å². The van der Waals surface area contributed by atoms with Crippen LogP contribution >= 0.6 is 0 Å². The molecule has 2 rings (SSSR count). The second-order valence-corrected chi connectivity index (χ2v) is 4.62. The average molecular weight is 262 g/mol. The predicted octanol–water partition coefficient (Wildman–Crippen LogP) is 0.383. The van der Waals surface area contributed by atoms with Crippen LogP contribution in [0.5, 0.6) is 0 Å². The first-order chi connectivity index (χ1) is 8.99. The highest BCUT2D eigenvalue weighted by Crippen LogP contribution is 2.16. The molecule has 0 radical (unpaired) electrons. The van der Waals surface area contributed by atoms with Crippen LogP contribution in [0.4, 0.5) is 0 Å². The van der Waals surface area contributed by atoms with Gasteiger partial charge in [0, 0.05) is 20.1 Å². The number of hydrogen-bond acceptors (Lipinski definition) is 4. The van der Waals surface area contributed by atoms with Gasteiger partial charge in [0.25, 0.3) is 0 Å². The molecule has 0 bridgehead atoms. The lowest BCUT2D eigenvalue weighted by Crippen LogP contribution is -2.40. The van der Waals surface area contributed by atoms with E-state index in [9.17, 15) is 4.79 Å². The van der Waals surface area contributed by atoms with Gasteiger partial charge in [0.05, 0.1) is 11.0 Å². The standard InChI is InChI=1S/C13H18N4O2/c1-8-16-11-5-9(3-4-12(11)17(8)2)6-15-7-10(14)13(18)19/h3-5,10,15H,6-7,14H2,1-2H3,(H,18,19). The molecule has 1 unspecified atom stereocenters. The van der Waals surface area contributed by atoms with Gasteiger partial charge in [-0.3, -0.25) is 4.79 Å². The zero-order valence-electron chi connectivity index (χ0n) is 11.1. The number of nitrogens with zero attached hydrogens (tertiary/aromatic N) is 2. The van der Waals surface area contributed by atoms with E-state index in [1.807, 2.05) is 36.7 Å². The smallest absolute Gasteiger partial charge is 0.321 e. The predicted molar refractivity (Wildman–Crippen MR) is 72.8 cm³/mol. The van der Waals surface area contributed by atoms with Gasteiger partial charge in [0.1, 0.15) is 11.9 Å². The Balaban J connectivity index is 2.04. The summed E-state index contributed by atoms with van der Waals surface area (Å²) >= 11 is 0. The van der Waals surface area contributed by atoms with E-state index in [1.54, 1.807) is 0 Å². The Labute approximate surface area is 111 Å². The number of aryl methyl sites for hydroxylation is 2. The minimum Gasteiger partial charge on any atom is -0.480 e. The van der Waals surface area contributed by atoms with E-state index >= 15 is 0 Å². The number of aliphatic carboxylic acids is 1. The zero-order chi connectivity index (χ0) is 14.0. The van der Waals surface area contributed by atoms with E-state index in [2.05, 4.69) is 10.3 Å². The summed E-state index contributed by atoms with van der Waals surface area (Å²) in [5, 5.41) is 11.7. The van der Waals surface area contributed by atoms with Gasteiger partial charge in [-0.2, -0.15) is 0 Å². The summed E-state index contributed by atoms with van der Waals surface area (Å²) in [7, 11) is 1.98. The SMILES string of the molecule is Cc1nc2cc(CNCC(N)C(=O)O)ccc2n1C. The van der Waals surface area contributed by atoms with Gasteiger partial charge in [0.2, 0.25) is 0 Å². The van der Waals surface area contributed by atoms with Crippen molar-refractivity contribution in [3.05, 3.63) is 29.6 Å². The molecule has 0 aliphatic heterocycles. The molecule has 0 saturated heterocycles. The van der Waals surface area contributed by atoms with Crippen LogP contribution < -0.4 is 11.1 Å². The Morgan fingerprint density at radius 1 is 1.58 bits per heavy atom. The van der Waals surface area contributed by atoms with Gasteiger partial charge in [-0.15, -0.1) is 0 Å². The fraction of sp³-hybridized carbons (Fsp3) is 0.385. The summed E-state index contributed by atoms with van der Waals surface area (Å²) in [4.78, 5) is 15.0. The summed E-state index contributed by atoms with van der Waals surface area (Å²) in [5.41, 5.74) is 8.51. The lowest BCUT2D eigenvalue weighted by atomic mass is 10.2. The van der Waals surface area contributed by atoms with E-state index < -0.39 is 12.0 Å². The average Bonchev–Trinajstić information content (AvgIpc) is 2.64. The molecule has 1 atom stereocenters. The second kappa shape index (κ2) is 5.38. The second-order valence-electron chi connectivity index (χ2n) is 4.62. The van der Waals surface area contributed by atoms with Gasteiger partial charge < -0.3 is 20.7 Å². The Bertz CT molecular complexity index is 606. The maximum atomic E-state index is 10.6. The number of imidazole rings is 1. The van der Waals surface area contributed by atoms with Crippen LogP contribution in [0.1, 0.15) is 11.4 Å². The van der Waals surface area contributed by atoms with E-state index in [0.29, 0.717) is 6.54 Å². The summed E-state index contributed by atoms with van der Waals surface area (Å²) in [6, 6.07) is 5.15. The number of nitrogens with two attached hydrogens (primary N) is 1. The van der Waals surface area contributed by atoms with Crippen molar-refractivity contribution in [3.63, 3.8) is 0 Å². The molecule has 0 aliphatic carbocycles. The molecule has 1 aromatic carbocycles. The van der Waals surface area contributed by atoms with Crippen molar-refractivity contribution in [2.24, 2.45) is 12.8 Å². The number of carbonyl (C=O) groups is 1. The van der Waals surface area contributed by atoms with Crippen molar-refractivity contribution >= 4 is 17.0 Å². The van der Waals surface area contributed by atoms with Crippen molar-refractivity contribution in [1.29, 1.82) is 0 Å². The lowest BCUT2D eigenvalue weighted by Gasteiger charge is -2.08. The van der Waals surface area contributed by atoms with Crippen molar-refractivity contribution in [3.8, 4) is 0 Å². The van der Waals surface area contributed by atoms with Gasteiger partial charge in [-0.05, 0) is 24.6 Å². The van der Waals surface area contributed by atoms with Crippen molar-refractivity contribution in [1.82, 2.24) is 14.9 Å². The largest absolute Gasteiger partial charge is 0.480 e. The third-order valence-corrected chi connectivity index (χ3v) is 3.18. The minimum absolute atomic E-state index is 0.245. The summed E-state index contributed by atoms with van der Waals surface area (Å²) in [6.45, 7) is 2.78. The number of carboxylic acids is 1. The first kappa shape index (κ1) is 13.5. The molecule has 19 heavy (non-hydrogen) atoms. The molecule has 2 aromatic rings. The molecule has 1 heterocycles. The van der Waals surface area contributed by atoms with Crippen LogP contribution in [0.25, 0.3) is 11.0 Å². The highest BCUT2D eigenvalue weighted by Gasteiger charge is 2.10. The highest BCUT2D eigenvalue weighted by molar-refractivity contribution is 5.76. The topological polar surface area (TPSA) is 93.2 Å². The molecule has 1 aromatic heterocycles. The number of nitrogens with one attached hydrogen (secondary N) is 1. The van der Waals surface area contributed by atoms with Crippen molar-refractivity contribution in [2.45, 2.75) is 19.5 Å². The summed E-state index contributed by atoms with van der Waals surface area (Å²) < 4.78 is 2.03. The maximum Gasteiger partial charge on any atom is 0.321 e. The Morgan fingerprint density at radius 2 is 2.32 bits per heavy atom. The molecule has 0 fully saturated rings. The number of hydrogen-bond donors (Lipinski definition) is 3. The molecular formula is C13H18N4O2. The first-order valence-corrected chi connectivity index (χ1v) is 6.10. The van der Waals surface area contributed by atoms with E-state index in [0.717, 1.165) is 22.4 Å². The number of rotatable bonds is 5. The lowest BCUT2D eigenvalue weighted by molar-refractivity contribution is -0.138. The first-order valence-electron chi connectivity index (χ1n) is 6.10. The molecule has 0 spiro atoms. The van der Waals surface area contributed by atoms with Crippen LogP contribution in [0.2, 0.25) is 0 Å². The molecule has 0 saturated carbocycles. The molecular weight excluding hydrogens is 244 g/mol. The third kappa shape index (κ3) is 2.91. The molecule has 6 heteroatoms. The number of fused-ring (bicyclic) bond motifs is 1. The quantitative estimate of drug-likeness (QED) is 0.724. The zero-order valence-corrected chi connectivity index (χ0v) is 11.1. The highest BCUT2D eigenvalue weighted by atomic mass is 16.4. The minimum atomic E-state index is -0.997. The molecule has 102 valence electrons. The summed E-state index contributed by atoms with van der Waals surface area (Å²) in [6.07, 6.45) is 0. The Hall–Kier alpha value is -1.92.